The Morgan fingerprint density at radius 3 is 2.57 bits per heavy atom. The van der Waals surface area contributed by atoms with Gasteiger partial charge in [-0.1, -0.05) is 26.8 Å². The van der Waals surface area contributed by atoms with E-state index in [-0.39, 0.29) is 12.5 Å². The maximum atomic E-state index is 13.1. The Kier molecular flexibility index (Phi) is 6.93. The van der Waals surface area contributed by atoms with Gasteiger partial charge < -0.3 is 5.32 Å². The molecule has 7 nitrogen and oxygen atoms in total. The molecule has 35 heavy (non-hydrogen) atoms. The molecule has 3 aromatic heterocycles. The summed E-state index contributed by atoms with van der Waals surface area (Å²) in [6.07, 6.45) is 1.87. The molecule has 0 saturated carbocycles. The summed E-state index contributed by atoms with van der Waals surface area (Å²) in [6.45, 7) is 3.34. The SMILES string of the molecule is Cc1nn(CC(=O)NC2=IC=C(c3ccnc(C#N)c3)C=C2)c(C)c1-c1ccnc(C(F)(F)F)c1. The molecule has 0 bridgehead atoms. The lowest BCUT2D eigenvalue weighted by Crippen LogP contribution is -2.32. The fourth-order valence-corrected chi connectivity index (χ4v) is 5.65. The van der Waals surface area contributed by atoms with Gasteiger partial charge in [-0.2, -0.15) is 23.5 Å². The molecule has 0 atom stereocenters. The van der Waals surface area contributed by atoms with Crippen LogP contribution in [0.2, 0.25) is 0 Å². The highest BCUT2D eigenvalue weighted by Crippen LogP contribution is 2.33. The van der Waals surface area contributed by atoms with Crippen LogP contribution in [0.5, 0.6) is 0 Å². The van der Waals surface area contributed by atoms with Gasteiger partial charge >= 0.3 is 6.18 Å². The van der Waals surface area contributed by atoms with Crippen LogP contribution in [0.4, 0.5) is 13.2 Å². The number of carbonyl (C=O) groups excluding carboxylic acids is 1. The van der Waals surface area contributed by atoms with Crippen LogP contribution in [0.15, 0.2) is 52.9 Å². The zero-order valence-corrected chi connectivity index (χ0v) is 20.7. The average molecular weight is 590 g/mol. The predicted octanol–water partition coefficient (Wildman–Crippen LogP) is 4.68. The van der Waals surface area contributed by atoms with Crippen molar-refractivity contribution < 1.29 is 18.0 Å². The minimum absolute atomic E-state index is 0.0720. The maximum absolute atomic E-state index is 13.1. The second-order valence-corrected chi connectivity index (χ2v) is 9.98. The number of pyridine rings is 2. The van der Waals surface area contributed by atoms with Gasteiger partial charge in [0.2, 0.25) is 5.91 Å². The number of aromatic nitrogens is 4. The highest BCUT2D eigenvalue weighted by Gasteiger charge is 2.33. The summed E-state index contributed by atoms with van der Waals surface area (Å²) >= 11 is -0.613. The average Bonchev–Trinajstić information content (AvgIpc) is 3.11. The molecule has 0 aliphatic carbocycles. The van der Waals surface area contributed by atoms with Crippen molar-refractivity contribution in [3.63, 3.8) is 0 Å². The van der Waals surface area contributed by atoms with E-state index < -0.39 is 32.6 Å². The third kappa shape index (κ3) is 5.54. The second kappa shape index (κ2) is 9.91. The largest absolute Gasteiger partial charge is 0.433 e. The molecule has 178 valence electrons. The van der Waals surface area contributed by atoms with Crippen LogP contribution in [0, 0.1) is 25.2 Å². The molecule has 0 spiro atoms. The minimum Gasteiger partial charge on any atom is -0.320 e. The van der Waals surface area contributed by atoms with E-state index in [0.29, 0.717) is 28.2 Å². The molecule has 0 fully saturated rings. The van der Waals surface area contributed by atoms with Crippen molar-refractivity contribution in [2.24, 2.45) is 0 Å². The normalized spacial score (nSPS) is 13.4. The topological polar surface area (TPSA) is 96.5 Å². The molecular formula is C24H18F3IN6O. The van der Waals surface area contributed by atoms with Crippen LogP contribution in [0.3, 0.4) is 0 Å². The number of aryl methyl sites for hydroxylation is 1. The summed E-state index contributed by atoms with van der Waals surface area (Å²) in [4.78, 5) is 20.1. The van der Waals surface area contributed by atoms with Crippen molar-refractivity contribution in [1.29, 1.82) is 5.26 Å². The number of hydrogen-bond acceptors (Lipinski definition) is 5. The molecule has 0 radical (unpaired) electrons. The quantitative estimate of drug-likeness (QED) is 0.436. The zero-order valence-electron chi connectivity index (χ0n) is 18.6. The van der Waals surface area contributed by atoms with Crippen LogP contribution >= 0.6 is 20.7 Å². The van der Waals surface area contributed by atoms with E-state index >= 15 is 0 Å². The van der Waals surface area contributed by atoms with E-state index in [4.69, 9.17) is 5.26 Å². The van der Waals surface area contributed by atoms with Crippen molar-refractivity contribution in [2.45, 2.75) is 26.6 Å². The summed E-state index contributed by atoms with van der Waals surface area (Å²) in [5.41, 5.74) is 3.21. The molecule has 1 aliphatic heterocycles. The molecule has 0 saturated heterocycles. The van der Waals surface area contributed by atoms with E-state index in [9.17, 15) is 18.0 Å². The molecule has 11 heteroatoms. The molecule has 4 heterocycles. The van der Waals surface area contributed by atoms with Crippen molar-refractivity contribution >= 4 is 35.8 Å². The number of nitriles is 1. The number of hydrogen-bond donors (Lipinski definition) is 1. The third-order valence-corrected chi connectivity index (χ3v) is 7.46. The summed E-state index contributed by atoms with van der Waals surface area (Å²) in [5, 5.41) is 16.3. The molecule has 4 rings (SSSR count). The molecule has 3 aromatic rings. The summed E-state index contributed by atoms with van der Waals surface area (Å²) in [5.74, 6) is -0.278. The van der Waals surface area contributed by atoms with Crippen molar-refractivity contribution in [2.75, 3.05) is 0 Å². The van der Waals surface area contributed by atoms with Crippen LogP contribution in [0.25, 0.3) is 16.7 Å². The fraction of sp³-hybridized carbons (Fsp3) is 0.167. The summed E-state index contributed by atoms with van der Waals surface area (Å²) in [6, 6.07) is 8.04. The number of amides is 1. The van der Waals surface area contributed by atoms with Crippen LogP contribution in [-0.4, -0.2) is 29.3 Å². The highest BCUT2D eigenvalue weighted by molar-refractivity contribution is 14.2. The Hall–Kier alpha value is -3.66. The third-order valence-electron chi connectivity index (χ3n) is 5.18. The number of alkyl halides is 3. The van der Waals surface area contributed by atoms with E-state index in [1.165, 1.54) is 10.7 Å². The predicted molar refractivity (Wildman–Crippen MR) is 133 cm³/mol. The van der Waals surface area contributed by atoms with Gasteiger partial charge in [0, 0.05) is 23.7 Å². The molecule has 1 N–H and O–H groups in total. The minimum atomic E-state index is -4.55. The molecule has 0 aromatic carbocycles. The van der Waals surface area contributed by atoms with Gasteiger partial charge in [0.1, 0.15) is 24.0 Å². The summed E-state index contributed by atoms with van der Waals surface area (Å²) < 4.78 is 43.6. The van der Waals surface area contributed by atoms with Crippen LogP contribution in [-0.2, 0) is 17.5 Å². The molecule has 1 aliphatic rings. The van der Waals surface area contributed by atoms with Gasteiger partial charge in [0.25, 0.3) is 0 Å². The van der Waals surface area contributed by atoms with Crippen molar-refractivity contribution in [3.8, 4) is 17.2 Å². The summed E-state index contributed by atoms with van der Waals surface area (Å²) in [7, 11) is 0. The van der Waals surface area contributed by atoms with Gasteiger partial charge in [-0.05, 0) is 65.0 Å². The molecular weight excluding hydrogens is 572 g/mol. The first kappa shape index (κ1) is 24.5. The molecule has 0 unspecified atom stereocenters. The van der Waals surface area contributed by atoms with E-state index in [2.05, 4.69) is 20.4 Å². The number of nitrogens with zero attached hydrogens (tertiary/aromatic N) is 5. The first-order valence-electron chi connectivity index (χ1n) is 10.3. The first-order chi connectivity index (χ1) is 16.7. The van der Waals surface area contributed by atoms with Gasteiger partial charge in [0.15, 0.2) is 0 Å². The standard InChI is InChI=1S/C24H18F3IN6O/c1-14-23(17-6-8-31-20(10-17)24(25,26)27)15(2)34(33-14)13-22(35)32-21-4-3-18(11-28-21)16-5-7-30-19(9-16)12-29/h3-11H,13H2,1-2H3,(H,32,35). The zero-order chi connectivity index (χ0) is 25.2. The Balaban J connectivity index is 1.48. The lowest BCUT2D eigenvalue weighted by molar-refractivity contribution is -0.141. The first-order valence-corrected chi connectivity index (χ1v) is 12.6. The smallest absolute Gasteiger partial charge is 0.320 e. The van der Waals surface area contributed by atoms with E-state index in [0.717, 1.165) is 27.0 Å². The fourth-order valence-electron chi connectivity index (χ4n) is 3.57. The highest BCUT2D eigenvalue weighted by atomic mass is 127. The van der Waals surface area contributed by atoms with E-state index in [1.54, 1.807) is 26.1 Å². The van der Waals surface area contributed by atoms with Crippen molar-refractivity contribution in [1.82, 2.24) is 25.1 Å². The maximum Gasteiger partial charge on any atom is 0.433 e. The van der Waals surface area contributed by atoms with Gasteiger partial charge in [-0.3, -0.25) is 14.5 Å². The molecule has 1 amide bonds. The monoisotopic (exact) mass is 590 g/mol. The number of rotatable bonds is 5. The number of carbonyl (C=O) groups is 1. The number of nitrogens with one attached hydrogen (secondary N) is 1. The van der Waals surface area contributed by atoms with Gasteiger partial charge in [-0.25, -0.2) is 4.98 Å². The van der Waals surface area contributed by atoms with E-state index in [1.807, 2.05) is 28.4 Å². The Morgan fingerprint density at radius 1 is 1.14 bits per heavy atom. The van der Waals surface area contributed by atoms with Crippen molar-refractivity contribution in [3.05, 3.63) is 81.2 Å². The second-order valence-electron chi connectivity index (χ2n) is 7.58. The number of halogens is 4. The Labute approximate surface area is 208 Å². The van der Waals surface area contributed by atoms with Gasteiger partial charge in [0.05, 0.1) is 9.33 Å². The lowest BCUT2D eigenvalue weighted by Gasteiger charge is -2.11. The Bertz CT molecular complexity index is 1450. The van der Waals surface area contributed by atoms with Gasteiger partial charge in [-0.15, -0.1) is 0 Å². The Morgan fingerprint density at radius 2 is 1.89 bits per heavy atom. The van der Waals surface area contributed by atoms with Crippen LogP contribution in [0.1, 0.15) is 28.3 Å². The van der Waals surface area contributed by atoms with Crippen LogP contribution < -0.4 is 5.32 Å². The lowest BCUT2D eigenvalue weighted by atomic mass is 10.0. The number of allylic oxidation sites excluding steroid dienone is 2.